The molecule has 0 N–H and O–H groups in total. The highest BCUT2D eigenvalue weighted by atomic mass is 32.2. The molecule has 0 saturated carbocycles. The zero-order valence-corrected chi connectivity index (χ0v) is 5.96. The van der Waals surface area contributed by atoms with Gasteiger partial charge in [-0.15, -0.1) is 0 Å². The van der Waals surface area contributed by atoms with Gasteiger partial charge in [-0.25, -0.2) is 0 Å². The Balaban J connectivity index is 4.00. The molecule has 0 fully saturated rings. The van der Waals surface area contributed by atoms with E-state index < -0.39 is 23.2 Å². The molecule has 0 atom stereocenters. The van der Waals surface area contributed by atoms with E-state index in [0.717, 1.165) is 0 Å². The van der Waals surface area contributed by atoms with E-state index in [4.69, 9.17) is 5.26 Å². The molecule has 68 valence electrons. The number of halogens is 4. The van der Waals surface area contributed by atoms with Crippen molar-refractivity contribution in [3.8, 4) is 0 Å². The predicted molar refractivity (Wildman–Crippen MR) is 25.3 cm³/mol. The highest BCUT2D eigenvalue weighted by Crippen LogP contribution is 2.42. The fraction of sp³-hybridized carbons (Fsp3) is 1.00. The van der Waals surface area contributed by atoms with Crippen LogP contribution in [0.15, 0.2) is 0 Å². The number of alkyl halides is 4. The second-order valence-corrected chi connectivity index (χ2v) is 2.44. The Morgan fingerprint density at radius 2 is 1.73 bits per heavy atom. The fourth-order valence-electron chi connectivity index (χ4n) is 0.130. The van der Waals surface area contributed by atoms with Gasteiger partial charge in [-0.2, -0.15) is 21.9 Å². The first-order chi connectivity index (χ1) is 4.81. The summed E-state index contributed by atoms with van der Waals surface area (Å²) < 4.78 is 50.7. The van der Waals surface area contributed by atoms with Gasteiger partial charge in [0.25, 0.3) is 0 Å². The van der Waals surface area contributed by atoms with Crippen LogP contribution in [0.4, 0.5) is 17.6 Å². The van der Waals surface area contributed by atoms with Crippen LogP contribution in [0.3, 0.4) is 0 Å². The quantitative estimate of drug-likeness (QED) is 0.291. The molecule has 0 amide bonds. The molecule has 0 heterocycles. The molecule has 0 bridgehead atoms. The van der Waals surface area contributed by atoms with Crippen molar-refractivity contribution >= 4 is 12.0 Å². The molecule has 11 heavy (non-hydrogen) atoms. The van der Waals surface area contributed by atoms with Crippen LogP contribution in [-0.2, 0) is 9.37 Å². The third-order valence-electron chi connectivity index (χ3n) is 0.678. The van der Waals surface area contributed by atoms with Crippen LogP contribution >= 0.6 is 12.0 Å². The van der Waals surface area contributed by atoms with Gasteiger partial charge >= 0.3 is 11.2 Å². The maximum absolute atomic E-state index is 12.0. The summed E-state index contributed by atoms with van der Waals surface area (Å²) in [6.45, 7) is -0.00579. The summed E-state index contributed by atoms with van der Waals surface area (Å²) in [4.78, 5) is 0. The summed E-state index contributed by atoms with van der Waals surface area (Å²) in [5, 5.41) is 6.98. The van der Waals surface area contributed by atoms with E-state index in [-0.39, 0.29) is 6.92 Å². The lowest BCUT2D eigenvalue weighted by Crippen LogP contribution is -2.34. The summed E-state index contributed by atoms with van der Waals surface area (Å²) in [5.74, 6) is -4.27. The SMILES string of the molecule is CC(F)(F)C(F)(F)SOO[O-]. The molecule has 0 saturated heterocycles. The third-order valence-corrected chi connectivity index (χ3v) is 1.37. The van der Waals surface area contributed by atoms with Crippen LogP contribution in [0, 0.1) is 0 Å². The van der Waals surface area contributed by atoms with Crippen molar-refractivity contribution in [2.75, 3.05) is 0 Å². The van der Waals surface area contributed by atoms with Crippen molar-refractivity contribution in [1.82, 2.24) is 0 Å². The molecule has 0 rings (SSSR count). The standard InChI is InChI=1S/C3H4F4O3S/c1-2(4,5)3(6,7)11-10-9-8/h8H,1H3/p-1. The molecule has 8 heteroatoms. The molecule has 0 spiro atoms. The largest absolute Gasteiger partial charge is 0.691 e. The van der Waals surface area contributed by atoms with Gasteiger partial charge in [0.15, 0.2) is 0 Å². The number of hydrogen-bond acceptors (Lipinski definition) is 4. The van der Waals surface area contributed by atoms with E-state index in [1.165, 1.54) is 0 Å². The van der Waals surface area contributed by atoms with E-state index in [9.17, 15) is 17.6 Å². The van der Waals surface area contributed by atoms with Crippen LogP contribution in [0.2, 0.25) is 0 Å². The molecule has 0 aromatic carbocycles. The highest BCUT2D eigenvalue weighted by molar-refractivity contribution is 7.95. The highest BCUT2D eigenvalue weighted by Gasteiger charge is 2.54. The summed E-state index contributed by atoms with van der Waals surface area (Å²) in [7, 11) is 0. The lowest BCUT2D eigenvalue weighted by Gasteiger charge is -2.20. The van der Waals surface area contributed by atoms with Crippen molar-refractivity contribution in [3.05, 3.63) is 0 Å². The molecular weight excluding hydrogens is 192 g/mol. The van der Waals surface area contributed by atoms with Crippen LogP contribution in [-0.4, -0.2) is 11.2 Å². The van der Waals surface area contributed by atoms with Crippen LogP contribution in [0.1, 0.15) is 6.92 Å². The van der Waals surface area contributed by atoms with Gasteiger partial charge in [-0.1, -0.05) is 0 Å². The second-order valence-electron chi connectivity index (χ2n) is 1.62. The topological polar surface area (TPSA) is 41.5 Å². The van der Waals surface area contributed by atoms with Gasteiger partial charge in [-0.3, -0.25) is 5.04 Å². The average molecular weight is 195 g/mol. The summed E-state index contributed by atoms with van der Waals surface area (Å²) in [6.07, 6.45) is 0. The van der Waals surface area contributed by atoms with Crippen molar-refractivity contribution < 1.29 is 32.2 Å². The Hall–Kier alpha value is -0.0500. The van der Waals surface area contributed by atoms with E-state index in [1.54, 1.807) is 0 Å². The molecule has 0 aromatic rings. The minimum atomic E-state index is -4.47. The Morgan fingerprint density at radius 3 is 2.00 bits per heavy atom. The van der Waals surface area contributed by atoms with Crippen LogP contribution < -0.4 is 5.26 Å². The maximum atomic E-state index is 12.0. The minimum absolute atomic E-state index is 0.00579. The Morgan fingerprint density at radius 1 is 1.27 bits per heavy atom. The van der Waals surface area contributed by atoms with E-state index >= 15 is 0 Å². The Kier molecular flexibility index (Phi) is 3.55. The lowest BCUT2D eigenvalue weighted by molar-refractivity contribution is -0.777. The zero-order chi connectivity index (χ0) is 9.12. The van der Waals surface area contributed by atoms with Gasteiger partial charge in [0.2, 0.25) is 0 Å². The molecular formula is C3H3F4O3S-. The zero-order valence-electron chi connectivity index (χ0n) is 5.14. The molecule has 0 aliphatic carbocycles. The van der Waals surface area contributed by atoms with Crippen LogP contribution in [0.25, 0.3) is 0 Å². The van der Waals surface area contributed by atoms with E-state index in [0.29, 0.717) is 0 Å². The maximum Gasteiger partial charge on any atom is 0.382 e. The van der Waals surface area contributed by atoms with Gasteiger partial charge in [0.05, 0.1) is 0 Å². The molecule has 0 aliphatic rings. The average Bonchev–Trinajstić information content (AvgIpc) is 1.81. The summed E-state index contributed by atoms with van der Waals surface area (Å²) in [5.41, 5.74) is 0. The normalized spacial score (nSPS) is 13.6. The summed E-state index contributed by atoms with van der Waals surface area (Å²) >= 11 is -1.03. The Bertz CT molecular complexity index is 124. The van der Waals surface area contributed by atoms with Gasteiger partial charge in [0, 0.05) is 6.92 Å². The number of rotatable bonds is 4. The van der Waals surface area contributed by atoms with Crippen molar-refractivity contribution in [2.45, 2.75) is 18.1 Å². The molecule has 0 radical (unpaired) electrons. The summed E-state index contributed by atoms with van der Waals surface area (Å²) in [6, 6.07) is 0. The van der Waals surface area contributed by atoms with E-state index in [2.05, 4.69) is 9.37 Å². The fourth-order valence-corrected chi connectivity index (χ4v) is 0.389. The predicted octanol–water partition coefficient (Wildman–Crippen LogP) is 1.11. The van der Waals surface area contributed by atoms with Crippen molar-refractivity contribution in [2.24, 2.45) is 0 Å². The third kappa shape index (κ3) is 3.23. The first-order valence-corrected chi connectivity index (χ1v) is 2.95. The van der Waals surface area contributed by atoms with Crippen molar-refractivity contribution in [1.29, 1.82) is 0 Å². The number of hydrogen-bond donors (Lipinski definition) is 0. The minimum Gasteiger partial charge on any atom is -0.691 e. The van der Waals surface area contributed by atoms with Gasteiger partial charge in [0.1, 0.15) is 12.0 Å². The molecule has 0 aromatic heterocycles. The molecule has 3 nitrogen and oxygen atoms in total. The first kappa shape index (κ1) is 11.0. The second kappa shape index (κ2) is 3.57. The van der Waals surface area contributed by atoms with E-state index in [1.807, 2.05) is 0 Å². The molecule has 0 unspecified atom stereocenters. The molecule has 0 aliphatic heterocycles. The van der Waals surface area contributed by atoms with Crippen molar-refractivity contribution in [3.63, 3.8) is 0 Å². The van der Waals surface area contributed by atoms with Crippen LogP contribution in [0.5, 0.6) is 0 Å². The smallest absolute Gasteiger partial charge is 0.382 e. The van der Waals surface area contributed by atoms with Gasteiger partial charge in [-0.05, 0) is 0 Å². The van der Waals surface area contributed by atoms with Gasteiger partial charge < -0.3 is 5.26 Å². The lowest BCUT2D eigenvalue weighted by atomic mass is 10.4. The monoisotopic (exact) mass is 195 g/mol. The first-order valence-electron chi connectivity index (χ1n) is 2.21. The Labute approximate surface area is 63.3 Å².